The Morgan fingerprint density at radius 1 is 1.17 bits per heavy atom. The van der Waals surface area contributed by atoms with E-state index in [0.717, 1.165) is 36.9 Å². The molecule has 0 saturated heterocycles. The van der Waals surface area contributed by atoms with E-state index in [4.69, 9.17) is 5.73 Å². The average Bonchev–Trinajstić information content (AvgIpc) is 2.60. The topological polar surface area (TPSA) is 72.1 Å². The average molecular weight is 308 g/mol. The number of nitrogen functional groups attached to an aromatic ring is 1. The maximum atomic E-state index is 13.1. The fourth-order valence-electron chi connectivity index (χ4n) is 3.76. The minimum absolute atomic E-state index is 0.00589. The Kier molecular flexibility index (Phi) is 3.48. The SMILES string of the molecule is Nc1cc2c(nn1)CCN(C(=O)[C@H]1CCCc3ccccc31)C2. The summed E-state index contributed by atoms with van der Waals surface area (Å²) in [6.45, 7) is 1.30. The smallest absolute Gasteiger partial charge is 0.230 e. The van der Waals surface area contributed by atoms with Crippen molar-refractivity contribution in [3.63, 3.8) is 0 Å². The highest BCUT2D eigenvalue weighted by molar-refractivity contribution is 5.84. The standard InChI is InChI=1S/C18H20N4O/c19-17-10-13-11-22(9-8-16(13)20-21-17)18(23)15-7-3-5-12-4-1-2-6-14(12)15/h1-2,4,6,10,15H,3,5,7-9,11H2,(H2,19,21)/t15-/m0/s1. The molecule has 1 atom stereocenters. The van der Waals surface area contributed by atoms with E-state index >= 15 is 0 Å². The highest BCUT2D eigenvalue weighted by atomic mass is 16.2. The largest absolute Gasteiger partial charge is 0.382 e. The molecule has 0 fully saturated rings. The molecule has 2 N–H and O–H groups in total. The lowest BCUT2D eigenvalue weighted by Crippen LogP contribution is -2.40. The first-order valence-electron chi connectivity index (χ1n) is 8.20. The van der Waals surface area contributed by atoms with Gasteiger partial charge < -0.3 is 10.6 Å². The molecule has 118 valence electrons. The monoisotopic (exact) mass is 308 g/mol. The molecule has 5 heteroatoms. The number of anilines is 1. The van der Waals surface area contributed by atoms with Crippen molar-refractivity contribution in [3.05, 3.63) is 52.7 Å². The molecule has 0 bridgehead atoms. The molecular formula is C18H20N4O. The van der Waals surface area contributed by atoms with E-state index in [-0.39, 0.29) is 11.8 Å². The van der Waals surface area contributed by atoms with Gasteiger partial charge in [-0.2, -0.15) is 5.10 Å². The Morgan fingerprint density at radius 3 is 2.96 bits per heavy atom. The molecule has 1 aromatic carbocycles. The quantitative estimate of drug-likeness (QED) is 0.875. The molecule has 1 aliphatic carbocycles. The van der Waals surface area contributed by atoms with Crippen LogP contribution in [0.15, 0.2) is 30.3 Å². The minimum atomic E-state index is -0.00589. The summed E-state index contributed by atoms with van der Waals surface area (Å²) in [6, 6.07) is 10.2. The van der Waals surface area contributed by atoms with Gasteiger partial charge in [-0.1, -0.05) is 24.3 Å². The predicted octanol–water partition coefficient (Wildman–Crippen LogP) is 2.06. The number of nitrogens with zero attached hydrogens (tertiary/aromatic N) is 3. The fraction of sp³-hybridized carbons (Fsp3) is 0.389. The van der Waals surface area contributed by atoms with Gasteiger partial charge in [0.1, 0.15) is 5.82 Å². The zero-order chi connectivity index (χ0) is 15.8. The maximum Gasteiger partial charge on any atom is 0.230 e. The Morgan fingerprint density at radius 2 is 2.04 bits per heavy atom. The Hall–Kier alpha value is -2.43. The molecule has 1 aliphatic heterocycles. The molecule has 0 radical (unpaired) electrons. The molecule has 0 saturated carbocycles. The number of benzene rings is 1. The van der Waals surface area contributed by atoms with E-state index < -0.39 is 0 Å². The molecule has 23 heavy (non-hydrogen) atoms. The summed E-state index contributed by atoms with van der Waals surface area (Å²) in [5.74, 6) is 0.646. The lowest BCUT2D eigenvalue weighted by atomic mass is 9.82. The van der Waals surface area contributed by atoms with Gasteiger partial charge in [-0.15, -0.1) is 5.10 Å². The molecule has 2 aliphatic rings. The van der Waals surface area contributed by atoms with Crippen molar-refractivity contribution in [2.75, 3.05) is 12.3 Å². The number of carbonyl (C=O) groups is 1. The Labute approximate surface area is 135 Å². The molecule has 0 unspecified atom stereocenters. The number of rotatable bonds is 1. The van der Waals surface area contributed by atoms with Gasteiger partial charge in [0.25, 0.3) is 0 Å². The van der Waals surface area contributed by atoms with Gasteiger partial charge in [0.2, 0.25) is 5.91 Å². The van der Waals surface area contributed by atoms with Gasteiger partial charge in [0, 0.05) is 19.5 Å². The van der Waals surface area contributed by atoms with Crippen molar-refractivity contribution in [1.82, 2.24) is 15.1 Å². The molecule has 5 nitrogen and oxygen atoms in total. The van der Waals surface area contributed by atoms with Crippen LogP contribution in [0, 0.1) is 0 Å². The van der Waals surface area contributed by atoms with Crippen molar-refractivity contribution < 1.29 is 4.79 Å². The lowest BCUT2D eigenvalue weighted by Gasteiger charge is -2.33. The van der Waals surface area contributed by atoms with Crippen LogP contribution < -0.4 is 5.73 Å². The van der Waals surface area contributed by atoms with Crippen LogP contribution in [0.4, 0.5) is 5.82 Å². The Balaban J connectivity index is 1.59. The van der Waals surface area contributed by atoms with Crippen molar-refractivity contribution in [1.29, 1.82) is 0 Å². The van der Waals surface area contributed by atoms with Crippen LogP contribution in [0.5, 0.6) is 0 Å². The summed E-state index contributed by atoms with van der Waals surface area (Å²) < 4.78 is 0. The zero-order valence-electron chi connectivity index (χ0n) is 13.0. The summed E-state index contributed by atoms with van der Waals surface area (Å²) >= 11 is 0. The molecule has 1 aromatic heterocycles. The molecule has 4 rings (SSSR count). The first kappa shape index (κ1) is 14.2. The molecule has 2 aromatic rings. The maximum absolute atomic E-state index is 13.1. The van der Waals surface area contributed by atoms with Crippen LogP contribution in [0.3, 0.4) is 0 Å². The first-order chi connectivity index (χ1) is 11.2. The Bertz CT molecular complexity index is 758. The first-order valence-corrected chi connectivity index (χ1v) is 8.20. The molecule has 0 spiro atoms. The van der Waals surface area contributed by atoms with Gasteiger partial charge in [0.15, 0.2) is 0 Å². The number of aromatic nitrogens is 2. The van der Waals surface area contributed by atoms with Crippen molar-refractivity contribution in [3.8, 4) is 0 Å². The third-order valence-corrected chi connectivity index (χ3v) is 4.94. The summed E-state index contributed by atoms with van der Waals surface area (Å²) in [5.41, 5.74) is 10.3. The van der Waals surface area contributed by atoms with Crippen LogP contribution in [-0.4, -0.2) is 27.5 Å². The number of hydrogen-bond donors (Lipinski definition) is 1. The van der Waals surface area contributed by atoms with Gasteiger partial charge in [-0.25, -0.2) is 0 Å². The third kappa shape index (κ3) is 2.56. The molecule has 2 heterocycles. The van der Waals surface area contributed by atoms with Crippen LogP contribution in [0.25, 0.3) is 0 Å². The number of carbonyl (C=O) groups excluding carboxylic acids is 1. The predicted molar refractivity (Wildman–Crippen MR) is 87.7 cm³/mol. The van der Waals surface area contributed by atoms with Crippen LogP contribution >= 0.6 is 0 Å². The van der Waals surface area contributed by atoms with E-state index in [9.17, 15) is 4.79 Å². The second-order valence-electron chi connectivity index (χ2n) is 6.39. The zero-order valence-corrected chi connectivity index (χ0v) is 13.0. The summed E-state index contributed by atoms with van der Waals surface area (Å²) in [7, 11) is 0. The highest BCUT2D eigenvalue weighted by Crippen LogP contribution is 2.34. The van der Waals surface area contributed by atoms with Gasteiger partial charge in [-0.05, 0) is 42.0 Å². The molecule has 1 amide bonds. The van der Waals surface area contributed by atoms with Crippen molar-refractivity contribution >= 4 is 11.7 Å². The minimum Gasteiger partial charge on any atom is -0.382 e. The van der Waals surface area contributed by atoms with E-state index in [0.29, 0.717) is 18.9 Å². The van der Waals surface area contributed by atoms with Crippen LogP contribution in [0.1, 0.15) is 41.1 Å². The van der Waals surface area contributed by atoms with Crippen LogP contribution in [-0.2, 0) is 24.2 Å². The van der Waals surface area contributed by atoms with Gasteiger partial charge in [0.05, 0.1) is 11.6 Å². The van der Waals surface area contributed by atoms with E-state index in [1.807, 2.05) is 17.0 Å². The summed E-state index contributed by atoms with van der Waals surface area (Å²) in [4.78, 5) is 15.0. The van der Waals surface area contributed by atoms with Gasteiger partial charge >= 0.3 is 0 Å². The number of aryl methyl sites for hydroxylation is 1. The lowest BCUT2D eigenvalue weighted by molar-refractivity contribution is -0.134. The number of nitrogens with two attached hydrogens (primary N) is 1. The highest BCUT2D eigenvalue weighted by Gasteiger charge is 2.31. The second-order valence-corrected chi connectivity index (χ2v) is 6.39. The molecular weight excluding hydrogens is 288 g/mol. The van der Waals surface area contributed by atoms with Crippen molar-refractivity contribution in [2.24, 2.45) is 0 Å². The van der Waals surface area contributed by atoms with Crippen molar-refractivity contribution in [2.45, 2.75) is 38.1 Å². The van der Waals surface area contributed by atoms with E-state index in [1.165, 1.54) is 11.1 Å². The van der Waals surface area contributed by atoms with Gasteiger partial charge in [-0.3, -0.25) is 4.79 Å². The summed E-state index contributed by atoms with van der Waals surface area (Å²) in [6.07, 6.45) is 3.85. The normalized spacial score (nSPS) is 19.8. The number of hydrogen-bond acceptors (Lipinski definition) is 4. The number of amides is 1. The summed E-state index contributed by atoms with van der Waals surface area (Å²) in [5, 5.41) is 8.05. The fourth-order valence-corrected chi connectivity index (χ4v) is 3.76. The second kappa shape index (κ2) is 5.65. The van der Waals surface area contributed by atoms with E-state index in [1.54, 1.807) is 0 Å². The van der Waals surface area contributed by atoms with E-state index in [2.05, 4.69) is 28.4 Å². The third-order valence-electron chi connectivity index (χ3n) is 4.94. The number of fused-ring (bicyclic) bond motifs is 2. The van der Waals surface area contributed by atoms with Crippen LogP contribution in [0.2, 0.25) is 0 Å².